The quantitative estimate of drug-likeness (QED) is 0.708. The summed E-state index contributed by atoms with van der Waals surface area (Å²) in [5.41, 5.74) is 0.204. The molecule has 0 saturated heterocycles. The average molecular weight is 308 g/mol. The summed E-state index contributed by atoms with van der Waals surface area (Å²) in [6, 6.07) is -1.22. The second kappa shape index (κ2) is 5.85. The summed E-state index contributed by atoms with van der Waals surface area (Å²) in [6.45, 7) is 4.87. The van der Waals surface area contributed by atoms with Crippen LogP contribution >= 0.6 is 11.3 Å². The first-order valence-electron chi connectivity index (χ1n) is 5.64. The highest BCUT2D eigenvalue weighted by Gasteiger charge is 2.31. The lowest BCUT2D eigenvalue weighted by Crippen LogP contribution is -2.44. The molecule has 1 aromatic heterocycles. The maximum atomic E-state index is 12.1. The first-order valence-corrected chi connectivity index (χ1v) is 7.93. The van der Waals surface area contributed by atoms with Gasteiger partial charge in [0.15, 0.2) is 4.21 Å². The van der Waals surface area contributed by atoms with Crippen LogP contribution in [0.15, 0.2) is 9.00 Å². The lowest BCUT2D eigenvalue weighted by molar-refractivity contribution is -0.140. The van der Waals surface area contributed by atoms with Gasteiger partial charge in [0.2, 0.25) is 0 Å². The molecule has 0 aliphatic heterocycles. The Hall–Kier alpha value is -1.19. The standard InChI is InChI=1S/C10H16N2O5S2/c1-4-5(2)7(8(13)14)12-19(16,17)9-6(3)11-10(15)18-9/h5,7,12H,4H2,1-3H3,(H,11,15)(H,13,14)/t5?,7-/m0/s1. The van der Waals surface area contributed by atoms with Crippen molar-refractivity contribution in [2.75, 3.05) is 0 Å². The van der Waals surface area contributed by atoms with Crippen LogP contribution in [0.2, 0.25) is 0 Å². The molecule has 0 aliphatic rings. The molecule has 0 amide bonds. The van der Waals surface area contributed by atoms with Gasteiger partial charge in [-0.2, -0.15) is 4.72 Å². The van der Waals surface area contributed by atoms with Crippen molar-refractivity contribution in [3.05, 3.63) is 15.4 Å². The molecule has 2 atom stereocenters. The van der Waals surface area contributed by atoms with Gasteiger partial charge in [-0.25, -0.2) is 8.42 Å². The third-order valence-electron chi connectivity index (χ3n) is 2.79. The molecule has 108 valence electrons. The first-order chi connectivity index (χ1) is 8.69. The monoisotopic (exact) mass is 308 g/mol. The van der Waals surface area contributed by atoms with E-state index in [1.54, 1.807) is 13.8 Å². The van der Waals surface area contributed by atoms with E-state index < -0.39 is 26.9 Å². The van der Waals surface area contributed by atoms with Crippen LogP contribution in [0.5, 0.6) is 0 Å². The zero-order chi connectivity index (χ0) is 14.8. The minimum Gasteiger partial charge on any atom is -0.480 e. The molecular formula is C10H16N2O5S2. The molecule has 3 N–H and O–H groups in total. The highest BCUT2D eigenvalue weighted by Crippen LogP contribution is 2.18. The number of carbonyl (C=O) groups is 1. The molecule has 7 nitrogen and oxygen atoms in total. The fraction of sp³-hybridized carbons (Fsp3) is 0.600. The fourth-order valence-corrected chi connectivity index (χ4v) is 4.13. The summed E-state index contributed by atoms with van der Waals surface area (Å²) in [5.74, 6) is -1.60. The van der Waals surface area contributed by atoms with Gasteiger partial charge in [0.05, 0.1) is 0 Å². The Balaban J connectivity index is 3.11. The number of hydrogen-bond donors (Lipinski definition) is 3. The largest absolute Gasteiger partial charge is 0.480 e. The number of aryl methyl sites for hydroxylation is 1. The van der Waals surface area contributed by atoms with Gasteiger partial charge >= 0.3 is 10.8 Å². The van der Waals surface area contributed by atoms with E-state index in [0.29, 0.717) is 17.8 Å². The van der Waals surface area contributed by atoms with Gasteiger partial charge in [-0.05, 0) is 12.8 Å². The summed E-state index contributed by atoms with van der Waals surface area (Å²) >= 11 is 0.540. The Bertz CT molecular complexity index is 616. The van der Waals surface area contributed by atoms with Gasteiger partial charge in [-0.3, -0.25) is 9.59 Å². The van der Waals surface area contributed by atoms with Crippen LogP contribution in [0.4, 0.5) is 0 Å². The number of carboxylic acid groups (broad SMARTS) is 1. The lowest BCUT2D eigenvalue weighted by Gasteiger charge is -2.19. The molecule has 9 heteroatoms. The third-order valence-corrected chi connectivity index (χ3v) is 5.83. The van der Waals surface area contributed by atoms with E-state index in [1.807, 2.05) is 0 Å². The van der Waals surface area contributed by atoms with Crippen LogP contribution in [0, 0.1) is 12.8 Å². The number of H-pyrrole nitrogens is 1. The smallest absolute Gasteiger partial charge is 0.322 e. The van der Waals surface area contributed by atoms with Crippen LogP contribution in [0.1, 0.15) is 26.0 Å². The second-order valence-corrected chi connectivity index (χ2v) is 7.14. The second-order valence-electron chi connectivity index (χ2n) is 4.25. The van der Waals surface area contributed by atoms with Crippen molar-refractivity contribution in [3.63, 3.8) is 0 Å². The normalized spacial score (nSPS) is 15.1. The predicted octanol–water partition coefficient (Wildman–Crippen LogP) is 0.522. The van der Waals surface area contributed by atoms with Crippen LogP contribution in [-0.2, 0) is 14.8 Å². The van der Waals surface area contributed by atoms with Crippen LogP contribution < -0.4 is 9.60 Å². The molecule has 0 fully saturated rings. The number of thiazole rings is 1. The summed E-state index contributed by atoms with van der Waals surface area (Å²) in [4.78, 5) is 24.1. The number of aromatic nitrogens is 1. The van der Waals surface area contributed by atoms with Gasteiger partial charge in [-0.1, -0.05) is 31.6 Å². The number of nitrogens with one attached hydrogen (secondary N) is 2. The Morgan fingerprint density at radius 1 is 1.53 bits per heavy atom. The molecule has 1 rings (SSSR count). The van der Waals surface area contributed by atoms with Crippen LogP contribution in [0.25, 0.3) is 0 Å². The highest BCUT2D eigenvalue weighted by atomic mass is 32.2. The van der Waals surface area contributed by atoms with Gasteiger partial charge in [-0.15, -0.1) is 0 Å². The molecule has 0 bridgehead atoms. The van der Waals surface area contributed by atoms with Crippen molar-refractivity contribution in [1.82, 2.24) is 9.71 Å². The molecule has 0 aliphatic carbocycles. The molecule has 19 heavy (non-hydrogen) atoms. The molecule has 1 heterocycles. The first kappa shape index (κ1) is 15.9. The van der Waals surface area contributed by atoms with Crippen molar-refractivity contribution >= 4 is 27.3 Å². The number of carboxylic acids is 1. The van der Waals surface area contributed by atoms with Crippen molar-refractivity contribution in [3.8, 4) is 0 Å². The summed E-state index contributed by atoms with van der Waals surface area (Å²) in [7, 11) is -4.01. The van der Waals surface area contributed by atoms with Crippen molar-refractivity contribution in [1.29, 1.82) is 0 Å². The van der Waals surface area contributed by atoms with E-state index in [1.165, 1.54) is 6.92 Å². The van der Waals surface area contributed by atoms with Gasteiger partial charge < -0.3 is 10.1 Å². The topological polar surface area (TPSA) is 116 Å². The zero-order valence-electron chi connectivity index (χ0n) is 10.8. The molecule has 0 saturated carbocycles. The SMILES string of the molecule is CCC(C)[C@H](NS(=O)(=O)c1sc(=O)[nH]c1C)C(=O)O. The molecule has 0 spiro atoms. The maximum Gasteiger partial charge on any atom is 0.322 e. The third kappa shape index (κ3) is 3.64. The van der Waals surface area contributed by atoms with E-state index in [2.05, 4.69) is 9.71 Å². The van der Waals surface area contributed by atoms with Gasteiger partial charge in [0.25, 0.3) is 10.0 Å². The Morgan fingerprint density at radius 3 is 2.47 bits per heavy atom. The number of aromatic amines is 1. The van der Waals surface area contributed by atoms with E-state index in [9.17, 15) is 18.0 Å². The Labute approximate surface area is 114 Å². The highest BCUT2D eigenvalue weighted by molar-refractivity contribution is 7.91. The van der Waals surface area contributed by atoms with E-state index >= 15 is 0 Å². The molecule has 0 radical (unpaired) electrons. The van der Waals surface area contributed by atoms with Crippen LogP contribution in [-0.4, -0.2) is 30.5 Å². The summed E-state index contributed by atoms with van der Waals surface area (Å²) in [6.07, 6.45) is 0.516. The maximum absolute atomic E-state index is 12.1. The number of rotatable bonds is 6. The number of hydrogen-bond acceptors (Lipinski definition) is 5. The van der Waals surface area contributed by atoms with Crippen molar-refractivity contribution < 1.29 is 18.3 Å². The van der Waals surface area contributed by atoms with Crippen molar-refractivity contribution in [2.24, 2.45) is 5.92 Å². The summed E-state index contributed by atoms with van der Waals surface area (Å²) in [5, 5.41) is 9.07. The zero-order valence-corrected chi connectivity index (χ0v) is 12.4. The lowest BCUT2D eigenvalue weighted by atomic mass is 10.0. The summed E-state index contributed by atoms with van der Waals surface area (Å²) < 4.78 is 26.1. The molecule has 1 unspecified atom stereocenters. The molecule has 0 aromatic carbocycles. The van der Waals surface area contributed by atoms with Gasteiger partial charge in [0, 0.05) is 5.69 Å². The minimum atomic E-state index is -4.01. The van der Waals surface area contributed by atoms with Crippen LogP contribution in [0.3, 0.4) is 0 Å². The predicted molar refractivity (Wildman–Crippen MR) is 70.9 cm³/mol. The average Bonchev–Trinajstić information content (AvgIpc) is 2.65. The fourth-order valence-electron chi connectivity index (χ4n) is 1.51. The molecular weight excluding hydrogens is 292 g/mol. The minimum absolute atomic E-state index is 0.174. The van der Waals surface area contributed by atoms with E-state index in [0.717, 1.165) is 0 Å². The van der Waals surface area contributed by atoms with Crippen molar-refractivity contribution in [2.45, 2.75) is 37.4 Å². The van der Waals surface area contributed by atoms with E-state index in [-0.39, 0.29) is 15.8 Å². The van der Waals surface area contributed by atoms with Gasteiger partial charge in [0.1, 0.15) is 6.04 Å². The number of sulfonamides is 1. The Morgan fingerprint density at radius 2 is 2.11 bits per heavy atom. The Kier molecular flexibility index (Phi) is 4.88. The van der Waals surface area contributed by atoms with E-state index in [4.69, 9.17) is 5.11 Å². The molecule has 1 aromatic rings. The number of aliphatic carboxylic acids is 1.